The number of para-hydroxylation sites is 1. The minimum Gasteiger partial charge on any atom is -0.313 e. The van der Waals surface area contributed by atoms with Gasteiger partial charge in [-0.25, -0.2) is 0 Å². The highest BCUT2D eigenvalue weighted by molar-refractivity contribution is 9.08. The van der Waals surface area contributed by atoms with Crippen molar-refractivity contribution in [3.8, 4) is 5.69 Å². The minimum atomic E-state index is 0.0690. The van der Waals surface area contributed by atoms with Crippen molar-refractivity contribution in [2.24, 2.45) is 0 Å². The molecule has 0 spiro atoms. The van der Waals surface area contributed by atoms with Gasteiger partial charge >= 0.3 is 0 Å². The molecule has 1 heterocycles. The molecule has 0 fully saturated rings. The maximum atomic E-state index is 13.3. The van der Waals surface area contributed by atoms with Gasteiger partial charge in [0.05, 0.1) is 11.1 Å². The predicted molar refractivity (Wildman–Crippen MR) is 115 cm³/mol. The first-order valence-electron chi connectivity index (χ1n) is 8.97. The number of halogens is 1. The number of hydrogen-bond acceptors (Lipinski definition) is 1. The summed E-state index contributed by atoms with van der Waals surface area (Å²) in [6.45, 7) is 4.06. The summed E-state index contributed by atoms with van der Waals surface area (Å²) in [5, 5.41) is 1.82. The van der Waals surface area contributed by atoms with Crippen LogP contribution >= 0.6 is 15.9 Å². The largest absolute Gasteiger partial charge is 0.313 e. The average molecular weight is 418 g/mol. The molecule has 0 aliphatic carbocycles. The Labute approximate surface area is 167 Å². The fourth-order valence-electron chi connectivity index (χ4n) is 3.57. The summed E-state index contributed by atoms with van der Waals surface area (Å²) in [5.74, 6) is 0.0690. The van der Waals surface area contributed by atoms with Crippen LogP contribution in [-0.2, 0) is 5.33 Å². The van der Waals surface area contributed by atoms with Crippen LogP contribution in [0.1, 0.15) is 32.7 Å². The summed E-state index contributed by atoms with van der Waals surface area (Å²) in [7, 11) is 0. The second-order valence-electron chi connectivity index (χ2n) is 6.81. The standard InChI is InChI=1S/C24H20BrNO/c1-16-7-11-19(12-8-16)24(27)23-17(2)26(22-6-4-3-5-21(22)23)20-13-9-18(15-25)10-14-20/h3-14H,15H2,1-2H3. The van der Waals surface area contributed by atoms with E-state index in [9.17, 15) is 4.79 Å². The molecule has 4 rings (SSSR count). The first kappa shape index (κ1) is 17.7. The maximum absolute atomic E-state index is 13.3. The first-order valence-corrected chi connectivity index (χ1v) is 10.1. The van der Waals surface area contributed by atoms with E-state index in [4.69, 9.17) is 0 Å². The summed E-state index contributed by atoms with van der Waals surface area (Å²) < 4.78 is 2.18. The molecule has 0 atom stereocenters. The molecule has 0 bridgehead atoms. The number of fused-ring (bicyclic) bond motifs is 1. The van der Waals surface area contributed by atoms with E-state index in [-0.39, 0.29) is 5.78 Å². The van der Waals surface area contributed by atoms with Crippen LogP contribution in [0.25, 0.3) is 16.6 Å². The second kappa shape index (κ2) is 7.16. The van der Waals surface area contributed by atoms with Crippen LogP contribution in [0.15, 0.2) is 72.8 Å². The molecule has 0 N–H and O–H groups in total. The van der Waals surface area contributed by atoms with Crippen molar-refractivity contribution in [2.75, 3.05) is 0 Å². The van der Waals surface area contributed by atoms with Gasteiger partial charge in [-0.05, 0) is 37.6 Å². The fraction of sp³-hybridized carbons (Fsp3) is 0.125. The zero-order valence-electron chi connectivity index (χ0n) is 15.4. The Morgan fingerprint density at radius 1 is 0.889 bits per heavy atom. The van der Waals surface area contributed by atoms with Crippen molar-refractivity contribution in [1.29, 1.82) is 0 Å². The Morgan fingerprint density at radius 2 is 1.56 bits per heavy atom. The zero-order valence-corrected chi connectivity index (χ0v) is 17.0. The lowest BCUT2D eigenvalue weighted by Crippen LogP contribution is -2.04. The number of rotatable bonds is 4. The Bertz CT molecular complexity index is 1120. The molecule has 134 valence electrons. The van der Waals surface area contributed by atoms with Crippen molar-refractivity contribution in [3.63, 3.8) is 0 Å². The van der Waals surface area contributed by atoms with Gasteiger partial charge in [-0.2, -0.15) is 0 Å². The molecule has 0 radical (unpaired) electrons. The number of benzene rings is 3. The fourth-order valence-corrected chi connectivity index (χ4v) is 3.94. The van der Waals surface area contributed by atoms with Crippen molar-refractivity contribution < 1.29 is 4.79 Å². The first-order chi connectivity index (χ1) is 13.1. The molecule has 0 aliphatic heterocycles. The summed E-state index contributed by atoms with van der Waals surface area (Å²) in [6, 6.07) is 24.4. The average Bonchev–Trinajstić information content (AvgIpc) is 3.00. The second-order valence-corrected chi connectivity index (χ2v) is 7.37. The van der Waals surface area contributed by atoms with Crippen molar-refractivity contribution in [2.45, 2.75) is 19.2 Å². The maximum Gasteiger partial charge on any atom is 0.195 e. The third-order valence-electron chi connectivity index (χ3n) is 5.00. The van der Waals surface area contributed by atoms with E-state index in [1.807, 2.05) is 56.3 Å². The smallest absolute Gasteiger partial charge is 0.195 e. The summed E-state index contributed by atoms with van der Waals surface area (Å²) in [6.07, 6.45) is 0. The molecule has 0 aliphatic rings. The van der Waals surface area contributed by atoms with Gasteiger partial charge in [-0.15, -0.1) is 0 Å². The highest BCUT2D eigenvalue weighted by Gasteiger charge is 2.21. The molecule has 1 aromatic heterocycles. The van der Waals surface area contributed by atoms with Crippen molar-refractivity contribution in [1.82, 2.24) is 4.57 Å². The molecule has 3 aromatic carbocycles. The number of aryl methyl sites for hydroxylation is 1. The molecule has 4 aromatic rings. The predicted octanol–water partition coefficient (Wildman–Crippen LogP) is 6.37. The molecule has 3 heteroatoms. The van der Waals surface area contributed by atoms with Crippen molar-refractivity contribution >= 4 is 32.6 Å². The molecule has 2 nitrogen and oxygen atoms in total. The van der Waals surface area contributed by atoms with E-state index in [2.05, 4.69) is 50.8 Å². The van der Waals surface area contributed by atoms with Crippen LogP contribution in [0.5, 0.6) is 0 Å². The van der Waals surface area contributed by atoms with E-state index in [1.54, 1.807) is 0 Å². The number of alkyl halides is 1. The van der Waals surface area contributed by atoms with Gasteiger partial charge in [-0.1, -0.05) is 76.1 Å². The van der Waals surface area contributed by atoms with Crippen LogP contribution in [0.3, 0.4) is 0 Å². The van der Waals surface area contributed by atoms with Gasteiger partial charge in [0.2, 0.25) is 0 Å². The highest BCUT2D eigenvalue weighted by Crippen LogP contribution is 2.31. The summed E-state index contributed by atoms with van der Waals surface area (Å²) >= 11 is 3.50. The summed E-state index contributed by atoms with van der Waals surface area (Å²) in [4.78, 5) is 13.3. The molecular weight excluding hydrogens is 398 g/mol. The number of carbonyl (C=O) groups is 1. The Morgan fingerprint density at radius 3 is 2.22 bits per heavy atom. The minimum absolute atomic E-state index is 0.0690. The van der Waals surface area contributed by atoms with Crippen molar-refractivity contribution in [3.05, 3.63) is 101 Å². The van der Waals surface area contributed by atoms with Crippen LogP contribution in [0.2, 0.25) is 0 Å². The van der Waals surface area contributed by atoms with E-state index >= 15 is 0 Å². The van der Waals surface area contributed by atoms with Gasteiger partial charge in [0.15, 0.2) is 5.78 Å². The lowest BCUT2D eigenvalue weighted by atomic mass is 10.00. The van der Waals surface area contributed by atoms with E-state index in [0.717, 1.165) is 44.3 Å². The third kappa shape index (κ3) is 3.13. The van der Waals surface area contributed by atoms with Crippen LogP contribution in [0, 0.1) is 13.8 Å². The zero-order chi connectivity index (χ0) is 19.0. The molecule has 0 amide bonds. The lowest BCUT2D eigenvalue weighted by molar-refractivity contribution is 0.103. The molecule has 0 unspecified atom stereocenters. The normalized spacial score (nSPS) is 11.1. The van der Waals surface area contributed by atoms with Crippen LogP contribution in [0.4, 0.5) is 0 Å². The van der Waals surface area contributed by atoms with E-state index in [0.29, 0.717) is 0 Å². The number of hydrogen-bond donors (Lipinski definition) is 0. The number of carbonyl (C=O) groups excluding carboxylic acids is 1. The quantitative estimate of drug-likeness (QED) is 0.279. The van der Waals surface area contributed by atoms with E-state index in [1.165, 1.54) is 5.56 Å². The van der Waals surface area contributed by atoms with Gasteiger partial charge < -0.3 is 4.57 Å². The Hall–Kier alpha value is -2.65. The van der Waals surface area contributed by atoms with Gasteiger partial charge in [0.1, 0.15) is 0 Å². The lowest BCUT2D eigenvalue weighted by Gasteiger charge is -2.09. The number of ketones is 1. The SMILES string of the molecule is Cc1ccc(C(=O)c2c(C)n(-c3ccc(CBr)cc3)c3ccccc23)cc1. The number of aromatic nitrogens is 1. The molecule has 0 saturated carbocycles. The topological polar surface area (TPSA) is 22.0 Å². The Kier molecular flexibility index (Phi) is 4.71. The van der Waals surface area contributed by atoms with Crippen LogP contribution < -0.4 is 0 Å². The summed E-state index contributed by atoms with van der Waals surface area (Å²) in [5.41, 5.74) is 6.96. The monoisotopic (exact) mass is 417 g/mol. The van der Waals surface area contributed by atoms with Gasteiger partial charge in [0, 0.05) is 27.7 Å². The number of nitrogens with zero attached hydrogens (tertiary/aromatic N) is 1. The third-order valence-corrected chi connectivity index (χ3v) is 5.65. The van der Waals surface area contributed by atoms with E-state index < -0.39 is 0 Å². The van der Waals surface area contributed by atoms with Gasteiger partial charge in [-0.3, -0.25) is 4.79 Å². The molecule has 27 heavy (non-hydrogen) atoms. The molecular formula is C24H20BrNO. The highest BCUT2D eigenvalue weighted by atomic mass is 79.9. The van der Waals surface area contributed by atoms with Crippen LogP contribution in [-0.4, -0.2) is 10.4 Å². The Balaban J connectivity index is 1.93. The van der Waals surface area contributed by atoms with Gasteiger partial charge in [0.25, 0.3) is 0 Å². The molecule has 0 saturated heterocycles.